The summed E-state index contributed by atoms with van der Waals surface area (Å²) in [4.78, 5) is 41.7. The van der Waals surface area contributed by atoms with Crippen LogP contribution in [0.25, 0.3) is 21.7 Å². The first-order chi connectivity index (χ1) is 17.5. The quantitative estimate of drug-likeness (QED) is 0.424. The van der Waals surface area contributed by atoms with Gasteiger partial charge in [-0.1, -0.05) is 6.07 Å². The maximum absolute atomic E-state index is 13.5. The second kappa shape index (κ2) is 9.86. The third kappa shape index (κ3) is 4.22. The molecule has 0 saturated carbocycles. The molecule has 4 aromatic rings. The standard InChI is InChI=1S/C25H25N5O5S/c1-33-18-12-15(13-19(34-2)21(18)35-3)29-8-10-30(11-9-29)25(32)16-14-36-22-20(16)27-23(28-24(22)31)17-6-4-5-7-26-17/h4-7,12-14H,8-11H2,1-3H3,(H,27,28,31). The van der Waals surface area contributed by atoms with Crippen LogP contribution in [0.5, 0.6) is 17.2 Å². The molecule has 0 atom stereocenters. The summed E-state index contributed by atoms with van der Waals surface area (Å²) in [5.41, 5.74) is 2.02. The number of hydrogen-bond donors (Lipinski definition) is 1. The predicted octanol–water partition coefficient (Wildman–Crippen LogP) is 3.03. The Morgan fingerprint density at radius 3 is 2.36 bits per heavy atom. The van der Waals surface area contributed by atoms with Crippen LogP contribution in [0.3, 0.4) is 0 Å². The van der Waals surface area contributed by atoms with Gasteiger partial charge in [-0.3, -0.25) is 14.6 Å². The minimum absolute atomic E-state index is 0.143. The largest absolute Gasteiger partial charge is 0.493 e. The van der Waals surface area contributed by atoms with Gasteiger partial charge < -0.3 is 29.0 Å². The summed E-state index contributed by atoms with van der Waals surface area (Å²) in [6, 6.07) is 9.18. The van der Waals surface area contributed by atoms with Gasteiger partial charge >= 0.3 is 0 Å². The van der Waals surface area contributed by atoms with Crippen LogP contribution in [0.2, 0.25) is 0 Å². The minimum Gasteiger partial charge on any atom is -0.493 e. The zero-order valence-electron chi connectivity index (χ0n) is 20.1. The molecule has 11 heteroatoms. The van der Waals surface area contributed by atoms with Crippen molar-refractivity contribution in [3.8, 4) is 28.8 Å². The lowest BCUT2D eigenvalue weighted by Gasteiger charge is -2.36. The number of thiophene rings is 1. The molecule has 0 radical (unpaired) electrons. The molecule has 3 aromatic heterocycles. The molecule has 1 aromatic carbocycles. The Morgan fingerprint density at radius 1 is 1.03 bits per heavy atom. The average molecular weight is 508 g/mol. The second-order valence-electron chi connectivity index (χ2n) is 8.12. The maximum atomic E-state index is 13.5. The number of pyridine rings is 1. The number of carbonyl (C=O) groups excluding carboxylic acids is 1. The number of methoxy groups -OCH3 is 3. The highest BCUT2D eigenvalue weighted by Gasteiger charge is 2.27. The van der Waals surface area contributed by atoms with Crippen molar-refractivity contribution in [3.05, 3.63) is 57.8 Å². The van der Waals surface area contributed by atoms with Crippen molar-refractivity contribution in [2.45, 2.75) is 0 Å². The van der Waals surface area contributed by atoms with Crippen LogP contribution in [0.15, 0.2) is 46.7 Å². The lowest BCUT2D eigenvalue weighted by molar-refractivity contribution is 0.0749. The van der Waals surface area contributed by atoms with E-state index in [9.17, 15) is 9.59 Å². The summed E-state index contributed by atoms with van der Waals surface area (Å²) < 4.78 is 16.8. The van der Waals surface area contributed by atoms with Gasteiger partial charge in [-0.05, 0) is 12.1 Å². The van der Waals surface area contributed by atoms with Crippen LogP contribution >= 0.6 is 11.3 Å². The van der Waals surface area contributed by atoms with Crippen LogP contribution in [0.4, 0.5) is 5.69 Å². The fourth-order valence-electron chi connectivity index (χ4n) is 4.29. The number of nitrogens with one attached hydrogen (secondary N) is 1. The van der Waals surface area contributed by atoms with E-state index in [0.29, 0.717) is 70.7 Å². The smallest absolute Gasteiger partial charge is 0.269 e. The maximum Gasteiger partial charge on any atom is 0.269 e. The topological polar surface area (TPSA) is 110 Å². The van der Waals surface area contributed by atoms with Gasteiger partial charge in [0.2, 0.25) is 5.75 Å². The number of carbonyl (C=O) groups is 1. The van der Waals surface area contributed by atoms with Gasteiger partial charge in [0.15, 0.2) is 17.3 Å². The first kappa shape index (κ1) is 23.6. The molecule has 0 aliphatic carbocycles. The monoisotopic (exact) mass is 507 g/mol. The van der Waals surface area contributed by atoms with Gasteiger partial charge in [0.05, 0.1) is 26.9 Å². The van der Waals surface area contributed by atoms with Gasteiger partial charge in [-0.2, -0.15) is 0 Å². The number of rotatable bonds is 6. The van der Waals surface area contributed by atoms with E-state index < -0.39 is 0 Å². The van der Waals surface area contributed by atoms with Crippen LogP contribution in [0.1, 0.15) is 10.4 Å². The van der Waals surface area contributed by atoms with Crippen LogP contribution in [-0.2, 0) is 0 Å². The number of benzene rings is 1. The summed E-state index contributed by atoms with van der Waals surface area (Å²) in [5.74, 6) is 1.89. The van der Waals surface area contributed by atoms with E-state index in [4.69, 9.17) is 14.2 Å². The Kier molecular flexibility index (Phi) is 6.47. The molecular formula is C25H25N5O5S. The van der Waals surface area contributed by atoms with Crippen molar-refractivity contribution in [2.24, 2.45) is 0 Å². The molecule has 0 bridgehead atoms. The zero-order valence-corrected chi connectivity index (χ0v) is 20.9. The van der Waals surface area contributed by atoms with E-state index in [1.807, 2.05) is 18.2 Å². The number of amides is 1. The van der Waals surface area contributed by atoms with Crippen LogP contribution in [-0.4, -0.2) is 73.3 Å². The highest BCUT2D eigenvalue weighted by atomic mass is 32.1. The highest BCUT2D eigenvalue weighted by Crippen LogP contribution is 2.41. The molecule has 1 fully saturated rings. The van der Waals surface area contributed by atoms with Crippen molar-refractivity contribution in [2.75, 3.05) is 52.4 Å². The van der Waals surface area contributed by atoms with Crippen molar-refractivity contribution >= 4 is 33.1 Å². The molecule has 5 rings (SSSR count). The second-order valence-corrected chi connectivity index (χ2v) is 9.00. The van der Waals surface area contributed by atoms with E-state index in [-0.39, 0.29) is 11.5 Å². The number of hydrogen-bond acceptors (Lipinski definition) is 9. The predicted molar refractivity (Wildman–Crippen MR) is 138 cm³/mol. The fourth-order valence-corrected chi connectivity index (χ4v) is 5.17. The molecule has 10 nitrogen and oxygen atoms in total. The Bertz CT molecular complexity index is 1440. The van der Waals surface area contributed by atoms with Gasteiger partial charge in [-0.25, -0.2) is 4.98 Å². The van der Waals surface area contributed by atoms with Gasteiger partial charge in [0, 0.05) is 55.6 Å². The first-order valence-corrected chi connectivity index (χ1v) is 12.2. The molecule has 1 amide bonds. The molecule has 1 aliphatic rings. The highest BCUT2D eigenvalue weighted by molar-refractivity contribution is 7.17. The van der Waals surface area contributed by atoms with Gasteiger partial charge in [0.1, 0.15) is 15.9 Å². The molecule has 36 heavy (non-hydrogen) atoms. The Morgan fingerprint density at radius 2 is 1.75 bits per heavy atom. The minimum atomic E-state index is -0.281. The summed E-state index contributed by atoms with van der Waals surface area (Å²) >= 11 is 1.22. The number of aromatic nitrogens is 3. The molecule has 1 aliphatic heterocycles. The summed E-state index contributed by atoms with van der Waals surface area (Å²) in [5, 5.41) is 1.71. The molecule has 0 spiro atoms. The number of ether oxygens (including phenoxy) is 3. The van der Waals surface area contributed by atoms with E-state index >= 15 is 0 Å². The molecule has 186 valence electrons. The van der Waals surface area contributed by atoms with Gasteiger partial charge in [0.25, 0.3) is 11.5 Å². The SMILES string of the molecule is COc1cc(N2CCN(C(=O)c3csc4c(=O)[nH]c(-c5ccccn5)nc34)CC2)cc(OC)c1OC. The number of aromatic amines is 1. The molecule has 4 heterocycles. The third-order valence-electron chi connectivity index (χ3n) is 6.15. The number of H-pyrrole nitrogens is 1. The molecule has 0 unspecified atom stereocenters. The fraction of sp³-hybridized carbons (Fsp3) is 0.280. The van der Waals surface area contributed by atoms with Crippen molar-refractivity contribution in [3.63, 3.8) is 0 Å². The van der Waals surface area contributed by atoms with E-state index in [1.165, 1.54) is 11.3 Å². The van der Waals surface area contributed by atoms with Crippen LogP contribution in [0, 0.1) is 0 Å². The van der Waals surface area contributed by atoms with Crippen molar-refractivity contribution in [1.82, 2.24) is 19.9 Å². The number of nitrogens with zero attached hydrogens (tertiary/aromatic N) is 4. The molecule has 1 N–H and O–H groups in total. The Balaban J connectivity index is 1.37. The van der Waals surface area contributed by atoms with Crippen molar-refractivity contribution < 1.29 is 19.0 Å². The number of fused-ring (bicyclic) bond motifs is 1. The summed E-state index contributed by atoms with van der Waals surface area (Å²) in [6.07, 6.45) is 1.63. The summed E-state index contributed by atoms with van der Waals surface area (Å²) in [7, 11) is 4.74. The van der Waals surface area contributed by atoms with E-state index in [2.05, 4.69) is 19.9 Å². The first-order valence-electron chi connectivity index (χ1n) is 11.3. The van der Waals surface area contributed by atoms with Crippen molar-refractivity contribution in [1.29, 1.82) is 0 Å². The molecule has 1 saturated heterocycles. The number of piperazine rings is 1. The molecular weight excluding hydrogens is 482 g/mol. The summed E-state index contributed by atoms with van der Waals surface area (Å²) in [6.45, 7) is 2.28. The Labute approximate surface area is 211 Å². The van der Waals surface area contributed by atoms with Gasteiger partial charge in [-0.15, -0.1) is 11.3 Å². The number of anilines is 1. The van der Waals surface area contributed by atoms with Crippen LogP contribution < -0.4 is 24.7 Å². The normalized spacial score (nSPS) is 13.6. The Hall–Kier alpha value is -4.12. The lowest BCUT2D eigenvalue weighted by atomic mass is 10.2. The third-order valence-corrected chi connectivity index (χ3v) is 7.11. The average Bonchev–Trinajstić information content (AvgIpc) is 3.37. The van der Waals surface area contributed by atoms with E-state index in [1.54, 1.807) is 49.9 Å². The van der Waals surface area contributed by atoms with E-state index in [0.717, 1.165) is 5.69 Å². The zero-order chi connectivity index (χ0) is 25.2. The lowest BCUT2D eigenvalue weighted by Crippen LogP contribution is -2.48.